The molecule has 0 radical (unpaired) electrons. The van der Waals surface area contributed by atoms with Gasteiger partial charge in [-0.05, 0) is 48.0 Å². The zero-order valence-electron chi connectivity index (χ0n) is 20.1. The molecule has 0 aromatic heterocycles. The summed E-state index contributed by atoms with van der Waals surface area (Å²) in [4.78, 5) is 0. The Morgan fingerprint density at radius 2 is 1.11 bits per heavy atom. The molecule has 0 aliphatic rings. The van der Waals surface area contributed by atoms with Crippen molar-refractivity contribution in [2.75, 3.05) is 33.5 Å². The Labute approximate surface area is 210 Å². The van der Waals surface area contributed by atoms with Crippen LogP contribution in [-0.4, -0.2) is 33.5 Å². The smallest absolute Gasteiger partial charge is 0.147 e. The predicted octanol–water partition coefficient (Wildman–Crippen LogP) is 6.94. The molecule has 36 heavy (non-hydrogen) atoms. The SMILES string of the molecule is COc1ccc(-c2cc(OCCOc3ccccc3)c(N=N)cc2OCCOc2ccccc2)cc1. The zero-order valence-corrected chi connectivity index (χ0v) is 20.1. The lowest BCUT2D eigenvalue weighted by Gasteiger charge is -2.16. The minimum Gasteiger partial charge on any atom is -0.497 e. The summed E-state index contributed by atoms with van der Waals surface area (Å²) >= 11 is 0. The maximum Gasteiger partial charge on any atom is 0.147 e. The summed E-state index contributed by atoms with van der Waals surface area (Å²) in [7, 11) is 1.63. The van der Waals surface area contributed by atoms with Gasteiger partial charge >= 0.3 is 0 Å². The van der Waals surface area contributed by atoms with E-state index in [1.165, 1.54) is 0 Å². The highest BCUT2D eigenvalue weighted by Gasteiger charge is 2.15. The molecule has 0 heterocycles. The van der Waals surface area contributed by atoms with Gasteiger partial charge < -0.3 is 23.7 Å². The minimum absolute atomic E-state index is 0.296. The van der Waals surface area contributed by atoms with Crippen LogP contribution < -0.4 is 23.7 Å². The fraction of sp³-hybridized carbons (Fsp3) is 0.172. The molecular weight excluding hydrogens is 456 g/mol. The van der Waals surface area contributed by atoms with Gasteiger partial charge in [-0.2, -0.15) is 5.11 Å². The second kappa shape index (κ2) is 12.8. The highest BCUT2D eigenvalue weighted by Crippen LogP contribution is 2.41. The molecule has 0 amide bonds. The van der Waals surface area contributed by atoms with Crippen molar-refractivity contribution in [3.8, 4) is 39.9 Å². The van der Waals surface area contributed by atoms with Crippen LogP contribution in [0.5, 0.6) is 28.7 Å². The molecule has 4 aromatic carbocycles. The summed E-state index contributed by atoms with van der Waals surface area (Å²) < 4.78 is 28.8. The maximum atomic E-state index is 7.67. The van der Waals surface area contributed by atoms with Gasteiger partial charge in [0.1, 0.15) is 60.9 Å². The number of rotatable bonds is 13. The van der Waals surface area contributed by atoms with Crippen LogP contribution in [0, 0.1) is 5.53 Å². The molecule has 0 fully saturated rings. The van der Waals surface area contributed by atoms with Crippen LogP contribution in [0.15, 0.2) is 102 Å². The van der Waals surface area contributed by atoms with Crippen molar-refractivity contribution in [3.05, 3.63) is 97.1 Å². The van der Waals surface area contributed by atoms with Gasteiger partial charge in [-0.1, -0.05) is 48.5 Å². The van der Waals surface area contributed by atoms with Crippen molar-refractivity contribution in [1.82, 2.24) is 0 Å². The fourth-order valence-electron chi connectivity index (χ4n) is 3.52. The number of nitrogens with one attached hydrogen (secondary N) is 1. The summed E-state index contributed by atoms with van der Waals surface area (Å²) in [5.41, 5.74) is 9.76. The van der Waals surface area contributed by atoms with Gasteiger partial charge in [0.05, 0.1) is 7.11 Å². The number of ether oxygens (including phenoxy) is 5. The van der Waals surface area contributed by atoms with E-state index in [9.17, 15) is 0 Å². The highest BCUT2D eigenvalue weighted by molar-refractivity contribution is 5.76. The number of hydrogen-bond donors (Lipinski definition) is 1. The van der Waals surface area contributed by atoms with E-state index in [0.29, 0.717) is 43.6 Å². The van der Waals surface area contributed by atoms with Gasteiger partial charge in [0.2, 0.25) is 0 Å². The highest BCUT2D eigenvalue weighted by atomic mass is 16.5. The Morgan fingerprint density at radius 1 is 0.583 bits per heavy atom. The second-order valence-electron chi connectivity index (χ2n) is 7.68. The molecule has 4 aromatic rings. The standard InChI is InChI=1S/C29H28N2O5/c1-32-23-14-12-22(13-15-23)26-20-29(36-19-17-34-25-10-6-3-7-11-25)27(31-30)21-28(26)35-18-16-33-24-8-4-2-5-9-24/h2-15,20-21,30H,16-19H2,1H3. The van der Waals surface area contributed by atoms with Gasteiger partial charge in [-0.25, -0.2) is 5.53 Å². The van der Waals surface area contributed by atoms with Crippen molar-refractivity contribution in [2.45, 2.75) is 0 Å². The van der Waals surface area contributed by atoms with Gasteiger partial charge in [-0.3, -0.25) is 0 Å². The maximum absolute atomic E-state index is 7.67. The van der Waals surface area contributed by atoms with Gasteiger partial charge in [-0.15, -0.1) is 0 Å². The third kappa shape index (κ3) is 6.76. The molecule has 1 N–H and O–H groups in total. The molecule has 0 unspecified atom stereocenters. The van der Waals surface area contributed by atoms with Gasteiger partial charge in [0.25, 0.3) is 0 Å². The average molecular weight is 485 g/mol. The van der Waals surface area contributed by atoms with E-state index >= 15 is 0 Å². The van der Waals surface area contributed by atoms with E-state index in [0.717, 1.165) is 28.4 Å². The number of benzene rings is 4. The molecular formula is C29H28N2O5. The summed E-state index contributed by atoms with van der Waals surface area (Å²) in [6.07, 6.45) is 0. The average Bonchev–Trinajstić information content (AvgIpc) is 2.94. The predicted molar refractivity (Wildman–Crippen MR) is 138 cm³/mol. The van der Waals surface area contributed by atoms with Crippen LogP contribution in [0.25, 0.3) is 11.1 Å². The quantitative estimate of drug-likeness (QED) is 0.164. The zero-order chi connectivity index (χ0) is 25.0. The summed E-state index contributed by atoms with van der Waals surface area (Å²) in [5.74, 6) is 3.35. The number of para-hydroxylation sites is 2. The van der Waals surface area contributed by atoms with E-state index < -0.39 is 0 Å². The molecule has 0 bridgehead atoms. The Kier molecular flexibility index (Phi) is 8.75. The number of nitrogens with zero attached hydrogens (tertiary/aromatic N) is 1. The molecule has 0 atom stereocenters. The van der Waals surface area contributed by atoms with E-state index in [4.69, 9.17) is 29.2 Å². The van der Waals surface area contributed by atoms with E-state index in [-0.39, 0.29) is 0 Å². The van der Waals surface area contributed by atoms with Gasteiger partial charge in [0.15, 0.2) is 0 Å². The monoisotopic (exact) mass is 484 g/mol. The van der Waals surface area contributed by atoms with E-state index in [1.54, 1.807) is 13.2 Å². The minimum atomic E-state index is 0.296. The number of hydrogen-bond acceptors (Lipinski definition) is 7. The lowest BCUT2D eigenvalue weighted by atomic mass is 10.0. The van der Waals surface area contributed by atoms with Crippen LogP contribution in [0.4, 0.5) is 5.69 Å². The first-order chi connectivity index (χ1) is 17.8. The van der Waals surface area contributed by atoms with Crippen LogP contribution in [-0.2, 0) is 0 Å². The molecule has 0 saturated heterocycles. The van der Waals surface area contributed by atoms with Crippen LogP contribution in [0.2, 0.25) is 0 Å². The largest absolute Gasteiger partial charge is 0.497 e. The van der Waals surface area contributed by atoms with Crippen molar-refractivity contribution in [2.24, 2.45) is 5.11 Å². The summed E-state index contributed by atoms with van der Waals surface area (Å²) in [6.45, 7) is 1.34. The lowest BCUT2D eigenvalue weighted by Crippen LogP contribution is -2.10. The lowest BCUT2D eigenvalue weighted by molar-refractivity contribution is 0.214. The third-order valence-corrected chi connectivity index (χ3v) is 5.29. The molecule has 7 nitrogen and oxygen atoms in total. The van der Waals surface area contributed by atoms with Crippen molar-refractivity contribution >= 4 is 5.69 Å². The summed E-state index contributed by atoms with van der Waals surface area (Å²) in [6, 6.07) is 30.3. The van der Waals surface area contributed by atoms with Crippen LogP contribution in [0.3, 0.4) is 0 Å². The normalized spacial score (nSPS) is 10.4. The molecule has 4 rings (SSSR count). The van der Waals surface area contributed by atoms with Crippen molar-refractivity contribution in [1.29, 1.82) is 5.53 Å². The Bertz CT molecular complexity index is 1230. The van der Waals surface area contributed by atoms with Gasteiger partial charge in [0, 0.05) is 11.6 Å². The molecule has 0 saturated carbocycles. The Balaban J connectivity index is 1.49. The Hall–Kier alpha value is -4.52. The molecule has 0 aliphatic carbocycles. The summed E-state index contributed by atoms with van der Waals surface area (Å²) in [5, 5.41) is 3.66. The third-order valence-electron chi connectivity index (χ3n) is 5.29. The topological polar surface area (TPSA) is 82.4 Å². The van der Waals surface area contributed by atoms with Crippen LogP contribution in [0.1, 0.15) is 0 Å². The molecule has 184 valence electrons. The Morgan fingerprint density at radius 3 is 1.64 bits per heavy atom. The van der Waals surface area contributed by atoms with E-state index in [2.05, 4.69) is 5.11 Å². The van der Waals surface area contributed by atoms with Crippen molar-refractivity contribution < 1.29 is 23.7 Å². The number of methoxy groups -OCH3 is 1. The van der Waals surface area contributed by atoms with E-state index in [1.807, 2.05) is 91.0 Å². The molecule has 7 heteroatoms. The van der Waals surface area contributed by atoms with Crippen molar-refractivity contribution in [3.63, 3.8) is 0 Å². The second-order valence-corrected chi connectivity index (χ2v) is 7.68. The first-order valence-electron chi connectivity index (χ1n) is 11.6. The molecule has 0 aliphatic heterocycles. The van der Waals surface area contributed by atoms with Crippen LogP contribution >= 0.6 is 0 Å². The first-order valence-corrected chi connectivity index (χ1v) is 11.6. The first kappa shape index (κ1) is 24.6. The fourth-order valence-corrected chi connectivity index (χ4v) is 3.52. The molecule has 0 spiro atoms.